The van der Waals surface area contributed by atoms with Gasteiger partial charge >= 0.3 is 5.97 Å². The van der Waals surface area contributed by atoms with E-state index in [4.69, 9.17) is 9.47 Å². The van der Waals surface area contributed by atoms with Gasteiger partial charge in [0.05, 0.1) is 13.4 Å². The summed E-state index contributed by atoms with van der Waals surface area (Å²) in [6, 6.07) is 17.1. The molecule has 0 aliphatic carbocycles. The molecule has 0 fully saturated rings. The average Bonchev–Trinajstić information content (AvgIpc) is 2.83. The van der Waals surface area contributed by atoms with E-state index < -0.39 is 0 Å². The van der Waals surface area contributed by atoms with Crippen molar-refractivity contribution in [3.63, 3.8) is 0 Å². The van der Waals surface area contributed by atoms with Crippen LogP contribution in [0, 0.1) is 0 Å². The summed E-state index contributed by atoms with van der Waals surface area (Å²) in [5.74, 6) is -0.236. The van der Waals surface area contributed by atoms with E-state index in [1.807, 2.05) is 12.3 Å². The van der Waals surface area contributed by atoms with Crippen molar-refractivity contribution in [2.45, 2.75) is 33.1 Å². The summed E-state index contributed by atoms with van der Waals surface area (Å²) in [5, 5.41) is 0. The van der Waals surface area contributed by atoms with Gasteiger partial charge in [0.2, 0.25) is 0 Å². The summed E-state index contributed by atoms with van der Waals surface area (Å²) < 4.78 is 11.0. The van der Waals surface area contributed by atoms with Crippen molar-refractivity contribution in [3.05, 3.63) is 88.7 Å². The van der Waals surface area contributed by atoms with Gasteiger partial charge in [-0.05, 0) is 41.5 Å². The van der Waals surface area contributed by atoms with E-state index in [0.717, 1.165) is 43.5 Å². The molecule has 3 rings (SSSR count). The first-order valence-corrected chi connectivity index (χ1v) is 11.2. The maximum atomic E-state index is 11.8. The molecule has 4 nitrogen and oxygen atoms in total. The molecule has 31 heavy (non-hydrogen) atoms. The highest BCUT2D eigenvalue weighted by Gasteiger charge is 2.18. The first-order chi connectivity index (χ1) is 15.2. The van der Waals surface area contributed by atoms with Crippen molar-refractivity contribution < 1.29 is 14.3 Å². The van der Waals surface area contributed by atoms with Gasteiger partial charge in [-0.1, -0.05) is 68.5 Å². The van der Waals surface area contributed by atoms with Gasteiger partial charge in [-0.3, -0.25) is 4.90 Å². The molecule has 1 heterocycles. The summed E-state index contributed by atoms with van der Waals surface area (Å²) in [5.41, 5.74) is 6.93. The number of hydrogen-bond donors (Lipinski definition) is 0. The zero-order valence-corrected chi connectivity index (χ0v) is 18.9. The predicted octanol–water partition coefficient (Wildman–Crippen LogP) is 5.02. The minimum Gasteiger partial charge on any atom is -0.499 e. The summed E-state index contributed by atoms with van der Waals surface area (Å²) in [6.07, 6.45) is 6.70. The van der Waals surface area contributed by atoms with Crippen molar-refractivity contribution in [2.24, 2.45) is 0 Å². The first-order valence-electron chi connectivity index (χ1n) is 11.2. The van der Waals surface area contributed by atoms with Crippen molar-refractivity contribution in [3.8, 4) is 0 Å². The largest absolute Gasteiger partial charge is 0.499 e. The third kappa shape index (κ3) is 5.86. The van der Waals surface area contributed by atoms with E-state index in [0.29, 0.717) is 13.2 Å². The fraction of sp³-hybridized carbons (Fsp3) is 0.370. The summed E-state index contributed by atoms with van der Waals surface area (Å²) >= 11 is 0. The molecule has 0 radical (unpaired) electrons. The molecular weight excluding hydrogens is 386 g/mol. The average molecular weight is 420 g/mol. The topological polar surface area (TPSA) is 38.8 Å². The summed E-state index contributed by atoms with van der Waals surface area (Å²) in [4.78, 5) is 14.0. The number of nitrogens with zero attached hydrogens (tertiary/aromatic N) is 1. The van der Waals surface area contributed by atoms with E-state index in [1.165, 1.54) is 29.4 Å². The van der Waals surface area contributed by atoms with Crippen LogP contribution in [0.1, 0.15) is 42.5 Å². The molecule has 0 amide bonds. The number of carbonyl (C=O) groups excluding carboxylic acids is 1. The van der Waals surface area contributed by atoms with Crippen LogP contribution in [-0.4, -0.2) is 44.2 Å². The van der Waals surface area contributed by atoms with Gasteiger partial charge in [-0.25, -0.2) is 4.79 Å². The van der Waals surface area contributed by atoms with Crippen LogP contribution in [0.5, 0.6) is 0 Å². The fourth-order valence-electron chi connectivity index (χ4n) is 4.05. The SMILES string of the molecule is CCc1ccccc1C(=COCCN1CCC=C(C(=O)OC)C1)c1ccccc1CC. The van der Waals surface area contributed by atoms with Gasteiger partial charge in [-0.2, -0.15) is 0 Å². The van der Waals surface area contributed by atoms with Gasteiger partial charge in [-0.15, -0.1) is 0 Å². The van der Waals surface area contributed by atoms with Crippen molar-refractivity contribution in [1.82, 2.24) is 4.90 Å². The Morgan fingerprint density at radius 2 is 1.61 bits per heavy atom. The lowest BCUT2D eigenvalue weighted by Gasteiger charge is -2.25. The van der Waals surface area contributed by atoms with E-state index in [-0.39, 0.29) is 5.97 Å². The minimum absolute atomic E-state index is 0.236. The van der Waals surface area contributed by atoms with Crippen molar-refractivity contribution in [1.29, 1.82) is 0 Å². The van der Waals surface area contributed by atoms with Gasteiger partial charge in [0.25, 0.3) is 0 Å². The Morgan fingerprint density at radius 1 is 1.00 bits per heavy atom. The second-order valence-corrected chi connectivity index (χ2v) is 7.71. The van der Waals surface area contributed by atoms with Crippen molar-refractivity contribution in [2.75, 3.05) is 33.4 Å². The molecule has 0 unspecified atom stereocenters. The van der Waals surface area contributed by atoms with E-state index in [9.17, 15) is 4.79 Å². The van der Waals surface area contributed by atoms with Gasteiger partial charge in [0, 0.05) is 30.8 Å². The maximum Gasteiger partial charge on any atom is 0.334 e. The van der Waals surface area contributed by atoms with E-state index in [2.05, 4.69) is 67.3 Å². The van der Waals surface area contributed by atoms with Crippen LogP contribution < -0.4 is 0 Å². The number of methoxy groups -OCH3 is 1. The lowest BCUT2D eigenvalue weighted by molar-refractivity contribution is -0.136. The third-order valence-corrected chi connectivity index (χ3v) is 5.78. The molecule has 0 aromatic heterocycles. The Labute approximate surface area is 186 Å². The second-order valence-electron chi connectivity index (χ2n) is 7.71. The summed E-state index contributed by atoms with van der Waals surface area (Å²) in [6.45, 7) is 7.25. The number of carbonyl (C=O) groups is 1. The molecule has 1 aliphatic rings. The lowest BCUT2D eigenvalue weighted by Crippen LogP contribution is -2.34. The standard InChI is InChI=1S/C27H33NO3/c1-4-21-11-6-8-14-24(21)26(25-15-9-7-12-22(25)5-2)20-31-18-17-28-16-10-13-23(19-28)27(29)30-3/h6-9,11-15,20H,4-5,10,16-19H2,1-3H3. The number of esters is 1. The molecule has 1 aliphatic heterocycles. The highest BCUT2D eigenvalue weighted by molar-refractivity contribution is 5.89. The Kier molecular flexibility index (Phi) is 8.48. The monoisotopic (exact) mass is 419 g/mol. The minimum atomic E-state index is -0.236. The van der Waals surface area contributed by atoms with Crippen LogP contribution in [0.15, 0.2) is 66.4 Å². The number of rotatable bonds is 9. The molecule has 0 atom stereocenters. The van der Waals surface area contributed by atoms with Crippen LogP contribution >= 0.6 is 0 Å². The Balaban J connectivity index is 1.76. The molecule has 4 heteroatoms. The molecule has 2 aromatic rings. The zero-order valence-electron chi connectivity index (χ0n) is 18.9. The third-order valence-electron chi connectivity index (χ3n) is 5.78. The Bertz CT molecular complexity index is 896. The van der Waals surface area contributed by atoms with Crippen molar-refractivity contribution >= 4 is 11.5 Å². The molecule has 2 aromatic carbocycles. The van der Waals surface area contributed by atoms with E-state index >= 15 is 0 Å². The second kappa shape index (κ2) is 11.5. The number of aryl methyl sites for hydroxylation is 2. The van der Waals surface area contributed by atoms with Crippen LogP contribution in [0.4, 0.5) is 0 Å². The summed E-state index contributed by atoms with van der Waals surface area (Å²) in [7, 11) is 1.43. The predicted molar refractivity (Wildman–Crippen MR) is 126 cm³/mol. The number of benzene rings is 2. The van der Waals surface area contributed by atoms with Crippen LogP contribution in [0.3, 0.4) is 0 Å². The normalized spacial score (nSPS) is 14.0. The molecule has 0 bridgehead atoms. The van der Waals surface area contributed by atoms with Crippen LogP contribution in [-0.2, 0) is 27.1 Å². The fourth-order valence-corrected chi connectivity index (χ4v) is 4.05. The smallest absolute Gasteiger partial charge is 0.334 e. The van der Waals surface area contributed by atoms with E-state index in [1.54, 1.807) is 0 Å². The van der Waals surface area contributed by atoms with Gasteiger partial charge in [0.15, 0.2) is 0 Å². The first kappa shape index (κ1) is 22.8. The Morgan fingerprint density at radius 3 is 2.19 bits per heavy atom. The quantitative estimate of drug-likeness (QED) is 0.325. The van der Waals surface area contributed by atoms with Crippen LogP contribution in [0.2, 0.25) is 0 Å². The molecule has 164 valence electrons. The highest BCUT2D eigenvalue weighted by atomic mass is 16.5. The Hall–Kier alpha value is -2.85. The number of hydrogen-bond acceptors (Lipinski definition) is 4. The molecular formula is C27H33NO3. The maximum absolute atomic E-state index is 11.8. The molecule has 0 spiro atoms. The lowest BCUT2D eigenvalue weighted by atomic mass is 9.90. The number of ether oxygens (including phenoxy) is 2. The molecule has 0 N–H and O–H groups in total. The molecule has 0 saturated heterocycles. The molecule has 0 saturated carbocycles. The van der Waals surface area contributed by atoms with Gasteiger partial charge < -0.3 is 9.47 Å². The zero-order chi connectivity index (χ0) is 22.1. The van der Waals surface area contributed by atoms with Gasteiger partial charge in [0.1, 0.15) is 6.61 Å². The highest BCUT2D eigenvalue weighted by Crippen LogP contribution is 2.29. The van der Waals surface area contributed by atoms with Crippen LogP contribution in [0.25, 0.3) is 5.57 Å².